The molecule has 0 radical (unpaired) electrons. The Hall–Kier alpha value is -3.46. The summed E-state index contributed by atoms with van der Waals surface area (Å²) in [6.07, 6.45) is 4.95. The fraction of sp³-hybridized carbons (Fsp3) is 0.379. The monoisotopic (exact) mass is 503 g/mol. The van der Waals surface area contributed by atoms with Crippen molar-refractivity contribution in [3.63, 3.8) is 0 Å². The molecular formula is C29H33N3O5. The number of fused-ring (bicyclic) bond motifs is 2. The van der Waals surface area contributed by atoms with Gasteiger partial charge in [0.2, 0.25) is 5.88 Å². The zero-order valence-corrected chi connectivity index (χ0v) is 21.0. The molecule has 37 heavy (non-hydrogen) atoms. The van der Waals surface area contributed by atoms with Crippen LogP contribution in [0.2, 0.25) is 0 Å². The Bertz CT molecular complexity index is 1300. The summed E-state index contributed by atoms with van der Waals surface area (Å²) >= 11 is 0. The van der Waals surface area contributed by atoms with Crippen molar-refractivity contribution in [3.05, 3.63) is 70.8 Å². The summed E-state index contributed by atoms with van der Waals surface area (Å²) in [4.78, 5) is 17.9. The van der Waals surface area contributed by atoms with Gasteiger partial charge in [-0.3, -0.25) is 0 Å². The zero-order chi connectivity index (χ0) is 25.8. The molecule has 1 unspecified atom stereocenters. The topological polar surface area (TPSA) is 104 Å². The minimum atomic E-state index is -1.02. The predicted octanol–water partition coefficient (Wildman–Crippen LogP) is 3.56. The molecule has 2 aliphatic heterocycles. The normalized spacial score (nSPS) is 17.1. The van der Waals surface area contributed by atoms with Crippen LogP contribution in [0.1, 0.15) is 41.2 Å². The van der Waals surface area contributed by atoms with Crippen LogP contribution in [0.4, 0.5) is 0 Å². The third-order valence-electron chi connectivity index (χ3n) is 7.24. The standard InChI is InChI=1S/C29H33N3O5/c1-36-27-8-6-23-20(4-9-28(34)35)3-5-24(29(23)31-27)25(33)18-32-13-10-22(11-14-32)30-17-19-2-7-26-21(16-19)12-15-37-26/h2-9,16,22,25,30,33H,10-15,17-18H2,1H3,(H,34,35)/b9-4+. The van der Waals surface area contributed by atoms with Gasteiger partial charge in [0.1, 0.15) is 5.75 Å². The number of aliphatic hydroxyl groups excluding tert-OH is 1. The van der Waals surface area contributed by atoms with Gasteiger partial charge in [-0.1, -0.05) is 24.3 Å². The Kier molecular flexibility index (Phi) is 7.69. The van der Waals surface area contributed by atoms with E-state index in [1.54, 1.807) is 19.3 Å². The van der Waals surface area contributed by atoms with Crippen LogP contribution in [0.3, 0.4) is 0 Å². The highest BCUT2D eigenvalue weighted by Crippen LogP contribution is 2.30. The molecule has 3 aromatic rings. The van der Waals surface area contributed by atoms with Gasteiger partial charge in [0, 0.05) is 48.6 Å². The maximum atomic E-state index is 11.2. The van der Waals surface area contributed by atoms with Crippen LogP contribution >= 0.6 is 0 Å². The van der Waals surface area contributed by atoms with Gasteiger partial charge in [-0.2, -0.15) is 0 Å². The largest absolute Gasteiger partial charge is 0.493 e. The van der Waals surface area contributed by atoms with Gasteiger partial charge in [0.15, 0.2) is 0 Å². The van der Waals surface area contributed by atoms with E-state index in [1.807, 2.05) is 18.2 Å². The Morgan fingerprint density at radius 1 is 1.24 bits per heavy atom. The molecule has 3 heterocycles. The molecule has 194 valence electrons. The minimum Gasteiger partial charge on any atom is -0.493 e. The fourth-order valence-electron chi connectivity index (χ4n) is 5.21. The van der Waals surface area contributed by atoms with Crippen molar-refractivity contribution in [3.8, 4) is 11.6 Å². The number of ether oxygens (including phenoxy) is 2. The van der Waals surface area contributed by atoms with Gasteiger partial charge in [-0.15, -0.1) is 0 Å². The van der Waals surface area contributed by atoms with E-state index in [0.717, 1.165) is 68.3 Å². The maximum absolute atomic E-state index is 11.2. The van der Waals surface area contributed by atoms with Crippen molar-refractivity contribution in [2.24, 2.45) is 0 Å². The van der Waals surface area contributed by atoms with E-state index in [4.69, 9.17) is 14.6 Å². The highest BCUT2D eigenvalue weighted by Gasteiger charge is 2.23. The van der Waals surface area contributed by atoms with E-state index in [1.165, 1.54) is 11.1 Å². The number of carboxylic acids is 1. The van der Waals surface area contributed by atoms with Crippen LogP contribution in [-0.2, 0) is 17.8 Å². The number of aliphatic carboxylic acids is 1. The lowest BCUT2D eigenvalue weighted by atomic mass is 9.98. The number of nitrogens with zero attached hydrogens (tertiary/aromatic N) is 2. The molecule has 8 nitrogen and oxygen atoms in total. The van der Waals surface area contributed by atoms with Crippen LogP contribution in [0.15, 0.2) is 48.5 Å². The SMILES string of the molecule is COc1ccc2c(/C=C/C(=O)O)ccc(C(O)CN3CCC(NCc4ccc5c(c4)CCO5)CC3)c2n1. The molecular weight excluding hydrogens is 470 g/mol. The molecule has 5 rings (SSSR count). The van der Waals surface area contributed by atoms with Crippen molar-refractivity contribution < 1.29 is 24.5 Å². The van der Waals surface area contributed by atoms with Crippen LogP contribution in [0.25, 0.3) is 17.0 Å². The Morgan fingerprint density at radius 3 is 2.86 bits per heavy atom. The van der Waals surface area contributed by atoms with Crippen LogP contribution in [-0.4, -0.2) is 65.5 Å². The lowest BCUT2D eigenvalue weighted by Gasteiger charge is -2.33. The zero-order valence-electron chi connectivity index (χ0n) is 21.0. The van der Waals surface area contributed by atoms with Crippen molar-refractivity contribution >= 4 is 22.9 Å². The second-order valence-corrected chi connectivity index (χ2v) is 9.68. The first-order valence-electron chi connectivity index (χ1n) is 12.8. The van der Waals surface area contributed by atoms with E-state index in [0.29, 0.717) is 29.5 Å². The number of carboxylic acid groups (broad SMARTS) is 1. The number of aromatic nitrogens is 1. The summed E-state index contributed by atoms with van der Waals surface area (Å²) in [5.41, 5.74) is 4.65. The second-order valence-electron chi connectivity index (χ2n) is 9.68. The molecule has 0 spiro atoms. The van der Waals surface area contributed by atoms with E-state index in [9.17, 15) is 9.90 Å². The van der Waals surface area contributed by atoms with Crippen molar-refractivity contribution in [1.82, 2.24) is 15.2 Å². The number of likely N-dealkylation sites (tertiary alicyclic amines) is 1. The molecule has 1 aromatic heterocycles. The molecule has 8 heteroatoms. The predicted molar refractivity (Wildman–Crippen MR) is 142 cm³/mol. The van der Waals surface area contributed by atoms with Crippen LogP contribution in [0.5, 0.6) is 11.6 Å². The Morgan fingerprint density at radius 2 is 2.08 bits per heavy atom. The van der Waals surface area contributed by atoms with Crippen molar-refractivity contribution in [1.29, 1.82) is 0 Å². The van der Waals surface area contributed by atoms with Gasteiger partial charge in [0.05, 0.1) is 25.3 Å². The Labute approximate surface area is 216 Å². The highest BCUT2D eigenvalue weighted by molar-refractivity contribution is 5.94. The molecule has 2 aromatic carbocycles. The smallest absolute Gasteiger partial charge is 0.328 e. The first kappa shape index (κ1) is 25.2. The first-order valence-corrected chi connectivity index (χ1v) is 12.8. The molecule has 0 amide bonds. The van der Waals surface area contributed by atoms with Crippen molar-refractivity contribution in [2.45, 2.75) is 38.0 Å². The third kappa shape index (κ3) is 5.93. The lowest BCUT2D eigenvalue weighted by Crippen LogP contribution is -2.43. The van der Waals surface area contributed by atoms with E-state index >= 15 is 0 Å². The molecule has 1 atom stereocenters. The molecule has 1 saturated heterocycles. The second kappa shape index (κ2) is 11.3. The molecule has 0 bridgehead atoms. The molecule has 0 saturated carbocycles. The van der Waals surface area contributed by atoms with Gasteiger partial charge < -0.3 is 29.9 Å². The van der Waals surface area contributed by atoms with Crippen molar-refractivity contribution in [2.75, 3.05) is 33.4 Å². The average molecular weight is 504 g/mol. The quantitative estimate of drug-likeness (QED) is 0.381. The van der Waals surface area contributed by atoms with Gasteiger partial charge in [-0.25, -0.2) is 9.78 Å². The summed E-state index contributed by atoms with van der Waals surface area (Å²) in [7, 11) is 1.55. The Balaban J connectivity index is 1.20. The van der Waals surface area contributed by atoms with Gasteiger partial charge in [0.25, 0.3) is 0 Å². The molecule has 1 fully saturated rings. The van der Waals surface area contributed by atoms with Gasteiger partial charge in [-0.05, 0) is 60.8 Å². The number of rotatable bonds is 9. The number of piperidine rings is 1. The number of hydrogen-bond donors (Lipinski definition) is 3. The number of nitrogens with one attached hydrogen (secondary N) is 1. The van der Waals surface area contributed by atoms with Gasteiger partial charge >= 0.3 is 5.97 Å². The van der Waals surface area contributed by atoms with Crippen LogP contribution < -0.4 is 14.8 Å². The number of methoxy groups -OCH3 is 1. The summed E-state index contributed by atoms with van der Waals surface area (Å²) in [5.74, 6) is 0.449. The summed E-state index contributed by atoms with van der Waals surface area (Å²) in [6.45, 7) is 3.95. The summed E-state index contributed by atoms with van der Waals surface area (Å²) < 4.78 is 10.9. The lowest BCUT2D eigenvalue weighted by molar-refractivity contribution is -0.131. The summed E-state index contributed by atoms with van der Waals surface area (Å²) in [6, 6.07) is 14.2. The number of aliphatic hydroxyl groups is 1. The number of benzene rings is 2. The molecule has 3 N–H and O–H groups in total. The third-order valence-corrected chi connectivity index (χ3v) is 7.24. The summed E-state index contributed by atoms with van der Waals surface area (Å²) in [5, 5.41) is 24.7. The fourth-order valence-corrected chi connectivity index (χ4v) is 5.21. The minimum absolute atomic E-state index is 0.447. The number of hydrogen-bond acceptors (Lipinski definition) is 7. The number of pyridine rings is 1. The highest BCUT2D eigenvalue weighted by atomic mass is 16.5. The maximum Gasteiger partial charge on any atom is 0.328 e. The average Bonchev–Trinajstić information content (AvgIpc) is 3.39. The number of β-amino-alcohol motifs (C(OH)–C–C–N with tert-alkyl or cyclic N) is 1. The van der Waals surface area contributed by atoms with E-state index in [-0.39, 0.29) is 0 Å². The molecule has 0 aliphatic carbocycles. The van der Waals surface area contributed by atoms with E-state index in [2.05, 4.69) is 33.4 Å². The van der Waals surface area contributed by atoms with E-state index < -0.39 is 12.1 Å². The first-order chi connectivity index (χ1) is 18.0. The van der Waals surface area contributed by atoms with Crippen LogP contribution in [0, 0.1) is 0 Å². The molecule has 2 aliphatic rings. The number of carbonyl (C=O) groups is 1.